The Morgan fingerprint density at radius 1 is 1.04 bits per heavy atom. The molecule has 0 bridgehead atoms. The van der Waals surface area contributed by atoms with Crippen molar-refractivity contribution >= 4 is 23.8 Å². The van der Waals surface area contributed by atoms with Gasteiger partial charge in [0.2, 0.25) is 0 Å². The van der Waals surface area contributed by atoms with Crippen molar-refractivity contribution in [3.63, 3.8) is 0 Å². The fraction of sp³-hybridized carbons (Fsp3) is 0.120. The van der Waals surface area contributed by atoms with Crippen molar-refractivity contribution in [3.05, 3.63) is 107 Å². The largest absolute Gasteiger partial charge is 0.245 e. The number of rotatable bonds is 3. The summed E-state index contributed by atoms with van der Waals surface area (Å²) in [5.74, 6) is 0.613. The lowest BCUT2D eigenvalue weighted by molar-refractivity contribution is 1.11. The zero-order valence-electron chi connectivity index (χ0n) is 15.6. The minimum Gasteiger partial charge on any atom is -0.245 e. The molecule has 0 spiro atoms. The van der Waals surface area contributed by atoms with Gasteiger partial charge in [-0.05, 0) is 60.9 Å². The molecule has 4 rings (SSSR count). The molecule has 2 aromatic carbocycles. The number of fused-ring (bicyclic) bond motifs is 2. The van der Waals surface area contributed by atoms with Gasteiger partial charge in [-0.2, -0.15) is 0 Å². The number of hydrogen-bond donors (Lipinski definition) is 0. The Labute approximate surface area is 160 Å². The molecule has 0 amide bonds. The smallest absolute Gasteiger partial charge is 0.159 e. The molecule has 2 aliphatic rings. The molecule has 0 aliphatic heterocycles. The van der Waals surface area contributed by atoms with Crippen molar-refractivity contribution in [1.29, 1.82) is 0 Å². The minimum absolute atomic E-state index is 0.613. The van der Waals surface area contributed by atoms with Gasteiger partial charge < -0.3 is 0 Å². The molecule has 0 radical (unpaired) electrons. The lowest BCUT2D eigenvalue weighted by Gasteiger charge is -2.08. The van der Waals surface area contributed by atoms with Crippen molar-refractivity contribution in [2.75, 3.05) is 0 Å². The highest BCUT2D eigenvalue weighted by Gasteiger charge is 2.20. The molecule has 0 N–H and O–H groups in total. The normalized spacial score (nSPS) is 15.4. The molecule has 27 heavy (non-hydrogen) atoms. The second-order valence-corrected chi connectivity index (χ2v) is 6.97. The summed E-state index contributed by atoms with van der Waals surface area (Å²) in [6.07, 6.45) is 10.7. The van der Waals surface area contributed by atoms with Crippen molar-refractivity contribution < 1.29 is 0 Å². The van der Waals surface area contributed by atoms with Gasteiger partial charge in [0.05, 0.1) is 5.70 Å². The summed E-state index contributed by atoms with van der Waals surface area (Å²) in [7, 11) is 0. The predicted octanol–water partition coefficient (Wildman–Crippen LogP) is 5.94. The standard InChI is InChI=1S/C25H22N2/c1-17-8-7-10-19(14-17)18(2)27-25(26-3)21-12-13-24-22(16-21)15-20-9-5-4-6-11-23(20)24/h4-8,10-14,16H,2-3,9,15H2,1H3. The van der Waals surface area contributed by atoms with Crippen LogP contribution >= 0.6 is 0 Å². The van der Waals surface area contributed by atoms with Crippen LogP contribution in [0.5, 0.6) is 0 Å². The van der Waals surface area contributed by atoms with Gasteiger partial charge in [-0.3, -0.25) is 0 Å². The van der Waals surface area contributed by atoms with Crippen LogP contribution in [-0.2, 0) is 6.42 Å². The zero-order chi connectivity index (χ0) is 18.8. The summed E-state index contributed by atoms with van der Waals surface area (Å²) in [5, 5.41) is 0. The SMILES string of the molecule is C=NC(=NC(=C)c1cccc(C)c1)c1ccc2c(c1)CC1=C2C=CC=CC1. The van der Waals surface area contributed by atoms with Crippen molar-refractivity contribution in [3.8, 4) is 0 Å². The molecule has 0 saturated carbocycles. The first-order valence-electron chi connectivity index (χ1n) is 9.16. The number of nitrogens with zero attached hydrogens (tertiary/aromatic N) is 2. The maximum atomic E-state index is 4.66. The third-order valence-corrected chi connectivity index (χ3v) is 5.05. The van der Waals surface area contributed by atoms with Crippen LogP contribution in [-0.4, -0.2) is 12.6 Å². The van der Waals surface area contributed by atoms with Gasteiger partial charge in [0.1, 0.15) is 0 Å². The Hall–Kier alpha value is -3.26. The summed E-state index contributed by atoms with van der Waals surface area (Å²) in [5.41, 5.74) is 9.34. The van der Waals surface area contributed by atoms with E-state index in [0.29, 0.717) is 11.5 Å². The van der Waals surface area contributed by atoms with Gasteiger partial charge in [-0.15, -0.1) is 0 Å². The lowest BCUT2D eigenvalue weighted by Crippen LogP contribution is -1.99. The Kier molecular flexibility index (Phi) is 4.55. The van der Waals surface area contributed by atoms with Crippen LogP contribution in [0.4, 0.5) is 0 Å². The third kappa shape index (κ3) is 3.39. The monoisotopic (exact) mass is 350 g/mol. The Bertz CT molecular complexity index is 1060. The van der Waals surface area contributed by atoms with Gasteiger partial charge in [-0.1, -0.05) is 72.4 Å². The molecule has 0 aromatic heterocycles. The molecule has 0 unspecified atom stereocenters. The molecule has 2 nitrogen and oxygen atoms in total. The number of aryl methyl sites for hydroxylation is 1. The van der Waals surface area contributed by atoms with Gasteiger partial charge in [0, 0.05) is 5.56 Å². The van der Waals surface area contributed by atoms with E-state index in [9.17, 15) is 0 Å². The topological polar surface area (TPSA) is 24.7 Å². The van der Waals surface area contributed by atoms with Crippen molar-refractivity contribution in [2.24, 2.45) is 9.98 Å². The molecular formula is C25H22N2. The number of benzene rings is 2. The fourth-order valence-electron chi connectivity index (χ4n) is 3.70. The Morgan fingerprint density at radius 3 is 2.74 bits per heavy atom. The molecular weight excluding hydrogens is 328 g/mol. The van der Waals surface area contributed by atoms with E-state index in [0.717, 1.165) is 24.0 Å². The average Bonchev–Trinajstić information content (AvgIpc) is 2.85. The lowest BCUT2D eigenvalue weighted by atomic mass is 10.0. The maximum Gasteiger partial charge on any atom is 0.159 e. The summed E-state index contributed by atoms with van der Waals surface area (Å²) in [6, 6.07) is 14.6. The van der Waals surface area contributed by atoms with E-state index in [1.54, 1.807) is 0 Å². The molecule has 2 aliphatic carbocycles. The van der Waals surface area contributed by atoms with E-state index < -0.39 is 0 Å². The van der Waals surface area contributed by atoms with E-state index in [2.05, 4.69) is 84.8 Å². The van der Waals surface area contributed by atoms with Crippen LogP contribution in [0.3, 0.4) is 0 Å². The van der Waals surface area contributed by atoms with Crippen LogP contribution in [0.1, 0.15) is 34.2 Å². The zero-order valence-corrected chi connectivity index (χ0v) is 15.6. The number of amidine groups is 1. The average molecular weight is 350 g/mol. The Morgan fingerprint density at radius 2 is 1.93 bits per heavy atom. The van der Waals surface area contributed by atoms with Crippen LogP contribution < -0.4 is 0 Å². The summed E-state index contributed by atoms with van der Waals surface area (Å²) in [6.45, 7) is 9.91. The molecule has 2 aromatic rings. The van der Waals surface area contributed by atoms with E-state index >= 15 is 0 Å². The van der Waals surface area contributed by atoms with E-state index in [1.165, 1.54) is 27.8 Å². The van der Waals surface area contributed by atoms with E-state index in [1.807, 2.05) is 12.1 Å². The Balaban J connectivity index is 1.66. The quantitative estimate of drug-likeness (QED) is 0.483. The van der Waals surface area contributed by atoms with Crippen molar-refractivity contribution in [1.82, 2.24) is 0 Å². The number of hydrogen-bond acceptors (Lipinski definition) is 1. The first-order chi connectivity index (χ1) is 13.2. The number of allylic oxidation sites excluding steroid dienone is 6. The maximum absolute atomic E-state index is 4.66. The highest BCUT2D eigenvalue weighted by atomic mass is 14.9. The molecule has 0 saturated heterocycles. The molecule has 2 heteroatoms. The molecule has 132 valence electrons. The second-order valence-electron chi connectivity index (χ2n) is 6.97. The van der Waals surface area contributed by atoms with Crippen LogP contribution in [0.15, 0.2) is 88.9 Å². The summed E-state index contributed by atoms with van der Waals surface area (Å²) < 4.78 is 0. The minimum atomic E-state index is 0.613. The van der Waals surface area contributed by atoms with Gasteiger partial charge in [-0.25, -0.2) is 9.98 Å². The van der Waals surface area contributed by atoms with Crippen molar-refractivity contribution in [2.45, 2.75) is 19.8 Å². The molecule has 0 heterocycles. The second kappa shape index (κ2) is 7.16. The van der Waals surface area contributed by atoms with E-state index in [4.69, 9.17) is 0 Å². The third-order valence-electron chi connectivity index (χ3n) is 5.05. The van der Waals surface area contributed by atoms with Gasteiger partial charge in [0.25, 0.3) is 0 Å². The van der Waals surface area contributed by atoms with Crippen LogP contribution in [0.2, 0.25) is 0 Å². The summed E-state index contributed by atoms with van der Waals surface area (Å²) in [4.78, 5) is 8.84. The highest BCUT2D eigenvalue weighted by molar-refractivity contribution is 6.04. The van der Waals surface area contributed by atoms with Crippen LogP contribution in [0, 0.1) is 6.92 Å². The fourth-order valence-corrected chi connectivity index (χ4v) is 3.70. The molecule has 0 atom stereocenters. The number of aliphatic imine (C=N–C) groups is 2. The first-order valence-corrected chi connectivity index (χ1v) is 9.16. The predicted molar refractivity (Wildman–Crippen MR) is 116 cm³/mol. The highest BCUT2D eigenvalue weighted by Crippen LogP contribution is 2.37. The van der Waals surface area contributed by atoms with Gasteiger partial charge in [0.15, 0.2) is 5.84 Å². The van der Waals surface area contributed by atoms with Crippen LogP contribution in [0.25, 0.3) is 11.3 Å². The van der Waals surface area contributed by atoms with E-state index in [-0.39, 0.29) is 0 Å². The van der Waals surface area contributed by atoms with Gasteiger partial charge >= 0.3 is 0 Å². The molecule has 0 fully saturated rings. The summed E-state index contributed by atoms with van der Waals surface area (Å²) >= 11 is 0. The first kappa shape index (κ1) is 17.2.